The fourth-order valence-electron chi connectivity index (χ4n) is 5.57. The van der Waals surface area contributed by atoms with Gasteiger partial charge in [-0.25, -0.2) is 4.98 Å². The first kappa shape index (κ1) is 19.1. The van der Waals surface area contributed by atoms with Gasteiger partial charge in [0.1, 0.15) is 0 Å². The van der Waals surface area contributed by atoms with Gasteiger partial charge in [0, 0.05) is 50.3 Å². The highest BCUT2D eigenvalue weighted by Gasteiger charge is 2.51. The molecule has 4 heterocycles. The summed E-state index contributed by atoms with van der Waals surface area (Å²) in [7, 11) is 0. The third kappa shape index (κ3) is 3.17. The molecule has 29 heavy (non-hydrogen) atoms. The highest BCUT2D eigenvalue weighted by molar-refractivity contribution is 5.83. The summed E-state index contributed by atoms with van der Waals surface area (Å²) in [6.07, 6.45) is 8.26. The number of rotatable bonds is 4. The highest BCUT2D eigenvalue weighted by Crippen LogP contribution is 2.45. The smallest absolute Gasteiger partial charge is 0.228 e. The second kappa shape index (κ2) is 7.40. The minimum absolute atomic E-state index is 0.000462. The number of hydrogen-bond donors (Lipinski definition) is 3. The van der Waals surface area contributed by atoms with Crippen molar-refractivity contribution in [2.24, 2.45) is 11.8 Å². The number of hydrogen-bond acceptors (Lipinski definition) is 5. The van der Waals surface area contributed by atoms with Crippen LogP contribution in [0, 0.1) is 11.8 Å². The maximum absolute atomic E-state index is 13.2. The molecule has 1 aromatic rings. The molecule has 158 valence electrons. The second-order valence-corrected chi connectivity index (χ2v) is 9.13. The van der Waals surface area contributed by atoms with Gasteiger partial charge in [0.05, 0.1) is 23.5 Å². The topological polar surface area (TPSA) is 93.4 Å². The van der Waals surface area contributed by atoms with Crippen LogP contribution in [0.4, 0.5) is 0 Å². The molecule has 3 aliphatic heterocycles. The Hall–Kier alpha value is -1.93. The molecule has 1 spiro atoms. The number of hydrazine groups is 1. The predicted molar refractivity (Wildman–Crippen MR) is 108 cm³/mol. The van der Waals surface area contributed by atoms with Crippen molar-refractivity contribution in [2.45, 2.75) is 63.5 Å². The van der Waals surface area contributed by atoms with E-state index in [1.165, 1.54) is 0 Å². The number of carbonyl (C=O) groups is 2. The van der Waals surface area contributed by atoms with Crippen molar-refractivity contribution in [1.29, 1.82) is 0 Å². The van der Waals surface area contributed by atoms with Crippen molar-refractivity contribution in [1.82, 2.24) is 30.6 Å². The van der Waals surface area contributed by atoms with Crippen molar-refractivity contribution < 1.29 is 9.59 Å². The van der Waals surface area contributed by atoms with Crippen molar-refractivity contribution >= 4 is 11.8 Å². The second-order valence-electron chi connectivity index (χ2n) is 9.13. The predicted octanol–water partition coefficient (Wildman–Crippen LogP) is 0.915. The number of aromatic amines is 1. The number of H-pyrrole nitrogens is 1. The Morgan fingerprint density at radius 3 is 2.72 bits per heavy atom. The van der Waals surface area contributed by atoms with Crippen LogP contribution >= 0.6 is 0 Å². The minimum Gasteiger partial charge on any atom is -0.348 e. The number of aromatic nitrogens is 2. The average Bonchev–Trinajstić information content (AvgIpc) is 3.28. The third-order valence-electron chi connectivity index (χ3n) is 7.37. The first-order valence-electron chi connectivity index (χ1n) is 11.3. The molecule has 1 aliphatic carbocycles. The van der Waals surface area contributed by atoms with Crippen LogP contribution in [0.3, 0.4) is 0 Å². The third-order valence-corrected chi connectivity index (χ3v) is 7.37. The van der Waals surface area contributed by atoms with E-state index in [0.717, 1.165) is 62.9 Å². The van der Waals surface area contributed by atoms with Crippen LogP contribution in [-0.2, 0) is 21.5 Å². The molecular formula is C21H32N6O2. The fraction of sp³-hybridized carbons (Fsp3) is 0.762. The van der Waals surface area contributed by atoms with Crippen LogP contribution in [-0.4, -0.2) is 63.8 Å². The van der Waals surface area contributed by atoms with Gasteiger partial charge in [-0.3, -0.25) is 20.4 Å². The van der Waals surface area contributed by atoms with Gasteiger partial charge in [-0.1, -0.05) is 13.3 Å². The number of piperidine rings is 1. The van der Waals surface area contributed by atoms with Gasteiger partial charge in [0.2, 0.25) is 11.8 Å². The Balaban J connectivity index is 1.34. The zero-order chi connectivity index (χ0) is 20.0. The minimum atomic E-state index is -0.348. The zero-order valence-electron chi connectivity index (χ0n) is 17.2. The molecule has 4 aliphatic rings. The molecule has 1 aromatic heterocycles. The standard InChI is InChI=1S/C21H32N6O2/c1-2-3-16-15(12-24-25-16)20(29)26-10-7-21(8-11-26)18-17(22-13-23-18)6-9-27(21)19(28)14-4-5-14/h13-16,24-25H,2-12H2,1H3,(H,22,23). The van der Waals surface area contributed by atoms with Gasteiger partial charge >= 0.3 is 0 Å². The molecule has 3 N–H and O–H groups in total. The van der Waals surface area contributed by atoms with Crippen LogP contribution in [0.25, 0.3) is 0 Å². The van der Waals surface area contributed by atoms with Gasteiger partial charge in [0.25, 0.3) is 0 Å². The van der Waals surface area contributed by atoms with Gasteiger partial charge in [-0.15, -0.1) is 0 Å². The van der Waals surface area contributed by atoms with E-state index in [1.54, 1.807) is 6.33 Å². The Kier molecular flexibility index (Phi) is 4.86. The number of nitrogens with zero attached hydrogens (tertiary/aromatic N) is 3. The summed E-state index contributed by atoms with van der Waals surface area (Å²) in [5.74, 6) is 0.748. The Bertz CT molecular complexity index is 780. The summed E-state index contributed by atoms with van der Waals surface area (Å²) < 4.78 is 0. The van der Waals surface area contributed by atoms with Crippen LogP contribution in [0.15, 0.2) is 6.33 Å². The summed E-state index contributed by atoms with van der Waals surface area (Å²) in [6.45, 7) is 4.99. The molecule has 0 aromatic carbocycles. The first-order chi connectivity index (χ1) is 14.1. The average molecular weight is 401 g/mol. The summed E-state index contributed by atoms with van der Waals surface area (Å²) in [6, 6.07) is 0.212. The molecule has 2 amide bonds. The van der Waals surface area contributed by atoms with E-state index in [2.05, 4.69) is 32.6 Å². The zero-order valence-corrected chi connectivity index (χ0v) is 17.2. The quantitative estimate of drug-likeness (QED) is 0.699. The van der Waals surface area contributed by atoms with E-state index >= 15 is 0 Å². The van der Waals surface area contributed by atoms with E-state index in [9.17, 15) is 9.59 Å². The maximum Gasteiger partial charge on any atom is 0.228 e. The van der Waals surface area contributed by atoms with Gasteiger partial charge < -0.3 is 14.8 Å². The molecule has 1 saturated carbocycles. The fourth-order valence-corrected chi connectivity index (χ4v) is 5.57. The Labute approximate surface area is 171 Å². The number of imidazole rings is 1. The van der Waals surface area contributed by atoms with E-state index in [0.29, 0.717) is 25.5 Å². The lowest BCUT2D eigenvalue weighted by atomic mass is 9.78. The van der Waals surface area contributed by atoms with Gasteiger partial charge in [-0.05, 0) is 32.1 Å². The number of carbonyl (C=O) groups excluding carboxylic acids is 2. The van der Waals surface area contributed by atoms with Crippen LogP contribution in [0.5, 0.6) is 0 Å². The lowest BCUT2D eigenvalue weighted by Crippen LogP contribution is -2.60. The molecule has 8 nitrogen and oxygen atoms in total. The summed E-state index contributed by atoms with van der Waals surface area (Å²) in [5, 5.41) is 0. The molecule has 0 bridgehead atoms. The normalized spacial score (nSPS) is 28.6. The maximum atomic E-state index is 13.2. The van der Waals surface area contributed by atoms with Crippen LogP contribution in [0.1, 0.15) is 56.8 Å². The largest absolute Gasteiger partial charge is 0.348 e. The summed E-state index contributed by atoms with van der Waals surface area (Å²) in [5.41, 5.74) is 8.30. The van der Waals surface area contributed by atoms with Crippen molar-refractivity contribution in [3.8, 4) is 0 Å². The summed E-state index contributed by atoms with van der Waals surface area (Å²) in [4.78, 5) is 38.4. The number of likely N-dealkylation sites (tertiary alicyclic amines) is 1. The lowest BCUT2D eigenvalue weighted by Gasteiger charge is -2.51. The van der Waals surface area contributed by atoms with Crippen LogP contribution < -0.4 is 10.9 Å². The Morgan fingerprint density at radius 1 is 1.21 bits per heavy atom. The van der Waals surface area contributed by atoms with E-state index in [1.807, 2.05) is 4.90 Å². The molecule has 2 unspecified atom stereocenters. The lowest BCUT2D eigenvalue weighted by molar-refractivity contribution is -0.146. The van der Waals surface area contributed by atoms with Crippen molar-refractivity contribution in [2.75, 3.05) is 26.2 Å². The molecule has 2 saturated heterocycles. The van der Waals surface area contributed by atoms with Gasteiger partial charge in [0.15, 0.2) is 0 Å². The molecule has 3 fully saturated rings. The molecule has 5 rings (SSSR count). The molecule has 8 heteroatoms. The van der Waals surface area contributed by atoms with E-state index in [4.69, 9.17) is 0 Å². The Morgan fingerprint density at radius 2 is 2.00 bits per heavy atom. The molecular weight excluding hydrogens is 368 g/mol. The number of fused-ring (bicyclic) bond motifs is 2. The molecule has 0 radical (unpaired) electrons. The van der Waals surface area contributed by atoms with Crippen molar-refractivity contribution in [3.05, 3.63) is 17.7 Å². The molecule has 2 atom stereocenters. The summed E-state index contributed by atoms with van der Waals surface area (Å²) >= 11 is 0. The number of amides is 2. The number of nitrogens with one attached hydrogen (secondary N) is 3. The van der Waals surface area contributed by atoms with Gasteiger partial charge in [-0.2, -0.15) is 0 Å². The monoisotopic (exact) mass is 400 g/mol. The highest BCUT2D eigenvalue weighted by atomic mass is 16.2. The first-order valence-corrected chi connectivity index (χ1v) is 11.3. The van der Waals surface area contributed by atoms with E-state index < -0.39 is 0 Å². The van der Waals surface area contributed by atoms with Crippen LogP contribution in [0.2, 0.25) is 0 Å². The van der Waals surface area contributed by atoms with Crippen molar-refractivity contribution in [3.63, 3.8) is 0 Å². The SMILES string of the molecule is CCCC1NNCC1C(=O)N1CCC2(CC1)c1nc[nH]c1CCN2C(=O)C1CC1. The van der Waals surface area contributed by atoms with E-state index in [-0.39, 0.29) is 29.3 Å².